The lowest BCUT2D eigenvalue weighted by molar-refractivity contribution is -0.123. The number of carbonyl (C=O) groups excluding carboxylic acids is 2. The second-order valence-electron chi connectivity index (χ2n) is 7.87. The molecule has 2 N–H and O–H groups in total. The number of benzene rings is 1. The monoisotopic (exact) mass is 357 g/mol. The molecule has 0 saturated heterocycles. The molecule has 142 valence electrons. The zero-order chi connectivity index (χ0) is 18.5. The van der Waals surface area contributed by atoms with E-state index in [0.29, 0.717) is 31.6 Å². The van der Waals surface area contributed by atoms with Crippen LogP contribution in [0.2, 0.25) is 0 Å². The number of hydrogen-bond donors (Lipinski definition) is 2. The highest BCUT2D eigenvalue weighted by Gasteiger charge is 2.30. The lowest BCUT2D eigenvalue weighted by Gasteiger charge is -2.22. The highest BCUT2D eigenvalue weighted by molar-refractivity contribution is 5.93. The number of aryl methyl sites for hydroxylation is 2. The normalized spacial score (nSPS) is 17.5. The number of carbonyl (C=O) groups is 2. The SMILES string of the molecule is Cc1ccc(C)c(NC(=O)CN(CCC(=O)NC2CCCC2)C2CC2)c1. The summed E-state index contributed by atoms with van der Waals surface area (Å²) < 4.78 is 0. The second-order valence-corrected chi connectivity index (χ2v) is 7.87. The van der Waals surface area contributed by atoms with Gasteiger partial charge >= 0.3 is 0 Å². The summed E-state index contributed by atoms with van der Waals surface area (Å²) in [6.45, 7) is 5.04. The predicted octanol–water partition coefficient (Wildman–Crippen LogP) is 3.16. The molecule has 0 atom stereocenters. The molecule has 0 unspecified atom stereocenters. The maximum Gasteiger partial charge on any atom is 0.238 e. The van der Waals surface area contributed by atoms with Crippen molar-refractivity contribution >= 4 is 17.5 Å². The zero-order valence-electron chi connectivity index (χ0n) is 16.0. The molecule has 2 aliphatic rings. The van der Waals surface area contributed by atoms with E-state index in [1.54, 1.807) is 0 Å². The van der Waals surface area contributed by atoms with Crippen molar-refractivity contribution in [2.45, 2.75) is 70.9 Å². The fraction of sp³-hybridized carbons (Fsp3) is 0.619. The van der Waals surface area contributed by atoms with Gasteiger partial charge in [-0.05, 0) is 56.7 Å². The first-order chi connectivity index (χ1) is 12.5. The largest absolute Gasteiger partial charge is 0.353 e. The Morgan fingerprint density at radius 3 is 2.50 bits per heavy atom. The third-order valence-corrected chi connectivity index (χ3v) is 5.42. The molecule has 2 saturated carbocycles. The molecule has 0 radical (unpaired) electrons. The van der Waals surface area contributed by atoms with Gasteiger partial charge in [0.1, 0.15) is 0 Å². The maximum atomic E-state index is 12.5. The molecule has 0 bridgehead atoms. The standard InChI is InChI=1S/C21H31N3O2/c1-15-7-8-16(2)19(13-15)23-21(26)14-24(18-9-10-18)12-11-20(25)22-17-5-3-4-6-17/h7-8,13,17-18H,3-6,9-12,14H2,1-2H3,(H,22,25)(H,23,26). The van der Waals surface area contributed by atoms with Gasteiger partial charge in [-0.15, -0.1) is 0 Å². The molecular weight excluding hydrogens is 326 g/mol. The predicted molar refractivity (Wildman–Crippen MR) is 104 cm³/mol. The lowest BCUT2D eigenvalue weighted by Crippen LogP contribution is -2.39. The third kappa shape index (κ3) is 5.56. The molecule has 2 aliphatic carbocycles. The van der Waals surface area contributed by atoms with Crippen LogP contribution in [0.15, 0.2) is 18.2 Å². The van der Waals surface area contributed by atoms with Crippen molar-refractivity contribution < 1.29 is 9.59 Å². The van der Waals surface area contributed by atoms with E-state index >= 15 is 0 Å². The quantitative estimate of drug-likeness (QED) is 0.751. The van der Waals surface area contributed by atoms with E-state index in [2.05, 4.69) is 15.5 Å². The van der Waals surface area contributed by atoms with Crippen LogP contribution in [0, 0.1) is 13.8 Å². The molecule has 1 aromatic rings. The molecule has 2 fully saturated rings. The van der Waals surface area contributed by atoms with Crippen molar-refractivity contribution in [3.63, 3.8) is 0 Å². The summed E-state index contributed by atoms with van der Waals surface area (Å²) in [6, 6.07) is 6.90. The van der Waals surface area contributed by atoms with Gasteiger partial charge < -0.3 is 10.6 Å². The minimum atomic E-state index is 0.00167. The molecule has 0 aromatic heterocycles. The highest BCUT2D eigenvalue weighted by atomic mass is 16.2. The van der Waals surface area contributed by atoms with Crippen LogP contribution in [0.25, 0.3) is 0 Å². The van der Waals surface area contributed by atoms with Crippen molar-refractivity contribution in [1.82, 2.24) is 10.2 Å². The summed E-state index contributed by atoms with van der Waals surface area (Å²) in [5.41, 5.74) is 3.08. The summed E-state index contributed by atoms with van der Waals surface area (Å²) in [4.78, 5) is 26.8. The smallest absolute Gasteiger partial charge is 0.238 e. The Balaban J connectivity index is 1.47. The molecule has 1 aromatic carbocycles. The van der Waals surface area contributed by atoms with E-state index in [9.17, 15) is 9.59 Å². The Bertz CT molecular complexity index is 649. The second kappa shape index (κ2) is 8.67. The van der Waals surface area contributed by atoms with Crippen LogP contribution in [0.3, 0.4) is 0 Å². The number of hydrogen-bond acceptors (Lipinski definition) is 3. The van der Waals surface area contributed by atoms with Crippen LogP contribution in [-0.2, 0) is 9.59 Å². The molecule has 5 heteroatoms. The molecule has 0 aliphatic heterocycles. The van der Waals surface area contributed by atoms with Gasteiger partial charge in [0.15, 0.2) is 0 Å². The number of nitrogens with one attached hydrogen (secondary N) is 2. The first kappa shape index (κ1) is 18.9. The first-order valence-corrected chi connectivity index (χ1v) is 9.92. The molecular formula is C21H31N3O2. The Morgan fingerprint density at radius 1 is 1.08 bits per heavy atom. The van der Waals surface area contributed by atoms with Crippen molar-refractivity contribution in [3.8, 4) is 0 Å². The van der Waals surface area contributed by atoms with Gasteiger partial charge in [-0.1, -0.05) is 25.0 Å². The summed E-state index contributed by atoms with van der Waals surface area (Å²) >= 11 is 0. The first-order valence-electron chi connectivity index (χ1n) is 9.92. The van der Waals surface area contributed by atoms with E-state index in [0.717, 1.165) is 42.5 Å². The topological polar surface area (TPSA) is 61.4 Å². The van der Waals surface area contributed by atoms with Gasteiger partial charge in [-0.3, -0.25) is 14.5 Å². The Kier molecular flexibility index (Phi) is 6.30. The Hall–Kier alpha value is -1.88. The van der Waals surface area contributed by atoms with Gasteiger partial charge in [0.2, 0.25) is 11.8 Å². The van der Waals surface area contributed by atoms with Crippen LogP contribution in [0.1, 0.15) is 56.1 Å². The number of nitrogens with zero attached hydrogens (tertiary/aromatic N) is 1. The van der Waals surface area contributed by atoms with E-state index in [4.69, 9.17) is 0 Å². The summed E-state index contributed by atoms with van der Waals surface area (Å²) in [5, 5.41) is 6.16. The van der Waals surface area contributed by atoms with E-state index in [-0.39, 0.29) is 11.8 Å². The van der Waals surface area contributed by atoms with E-state index in [1.165, 1.54) is 12.8 Å². The summed E-state index contributed by atoms with van der Waals surface area (Å²) in [6.07, 6.45) is 7.38. The Morgan fingerprint density at radius 2 is 1.81 bits per heavy atom. The lowest BCUT2D eigenvalue weighted by atomic mass is 10.1. The van der Waals surface area contributed by atoms with Crippen LogP contribution in [0.5, 0.6) is 0 Å². The van der Waals surface area contributed by atoms with Crippen molar-refractivity contribution in [2.24, 2.45) is 0 Å². The molecule has 3 rings (SSSR count). The van der Waals surface area contributed by atoms with Crippen LogP contribution in [-0.4, -0.2) is 41.9 Å². The average molecular weight is 357 g/mol. The van der Waals surface area contributed by atoms with Crippen LogP contribution in [0.4, 0.5) is 5.69 Å². The molecule has 5 nitrogen and oxygen atoms in total. The molecule has 2 amide bonds. The molecule has 0 heterocycles. The molecule has 0 spiro atoms. The van der Waals surface area contributed by atoms with Crippen LogP contribution < -0.4 is 10.6 Å². The van der Waals surface area contributed by atoms with Crippen molar-refractivity contribution in [2.75, 3.05) is 18.4 Å². The van der Waals surface area contributed by atoms with Crippen molar-refractivity contribution in [1.29, 1.82) is 0 Å². The van der Waals surface area contributed by atoms with Crippen LogP contribution >= 0.6 is 0 Å². The van der Waals surface area contributed by atoms with Gasteiger partial charge in [-0.2, -0.15) is 0 Å². The van der Waals surface area contributed by atoms with Gasteiger partial charge in [0.05, 0.1) is 6.54 Å². The highest BCUT2D eigenvalue weighted by Crippen LogP contribution is 2.27. The summed E-state index contributed by atoms with van der Waals surface area (Å²) in [7, 11) is 0. The van der Waals surface area contributed by atoms with Gasteiger partial charge in [0.25, 0.3) is 0 Å². The third-order valence-electron chi connectivity index (χ3n) is 5.42. The van der Waals surface area contributed by atoms with Gasteiger partial charge in [0, 0.05) is 30.7 Å². The number of anilines is 1. The fourth-order valence-corrected chi connectivity index (χ4v) is 3.69. The summed E-state index contributed by atoms with van der Waals surface area (Å²) in [5.74, 6) is 0.124. The van der Waals surface area contributed by atoms with Crippen molar-refractivity contribution in [3.05, 3.63) is 29.3 Å². The zero-order valence-corrected chi connectivity index (χ0v) is 16.0. The fourth-order valence-electron chi connectivity index (χ4n) is 3.69. The molecule has 26 heavy (non-hydrogen) atoms. The van der Waals surface area contributed by atoms with Gasteiger partial charge in [-0.25, -0.2) is 0 Å². The van der Waals surface area contributed by atoms with E-state index < -0.39 is 0 Å². The number of rotatable bonds is 8. The average Bonchev–Trinajstić information content (AvgIpc) is 3.32. The minimum Gasteiger partial charge on any atom is -0.353 e. The van der Waals surface area contributed by atoms with E-state index in [1.807, 2.05) is 32.0 Å². The minimum absolute atomic E-state index is 0.00167. The number of amides is 2. The Labute approximate surface area is 156 Å². The maximum absolute atomic E-state index is 12.5.